The molecule has 2 aliphatic heterocycles. The van der Waals surface area contributed by atoms with Gasteiger partial charge < -0.3 is 10.1 Å². The number of ether oxygens (including phenoxy) is 1. The van der Waals surface area contributed by atoms with Gasteiger partial charge in [0.05, 0.1) is 0 Å². The first-order valence-electron chi connectivity index (χ1n) is 6.16. The molecule has 1 fully saturated rings. The topological polar surface area (TPSA) is 76.4 Å². The van der Waals surface area contributed by atoms with E-state index in [0.29, 0.717) is 6.42 Å². The number of hydrogen-bond acceptors (Lipinski definition) is 4. The van der Waals surface area contributed by atoms with Gasteiger partial charge in [-0.3, -0.25) is 15.8 Å². The summed E-state index contributed by atoms with van der Waals surface area (Å²) in [6.45, 7) is 3.94. The van der Waals surface area contributed by atoms with E-state index in [-0.39, 0.29) is 5.91 Å². The molecule has 0 aromatic heterocycles. The Morgan fingerprint density at radius 1 is 1.47 bits per heavy atom. The fourth-order valence-electron chi connectivity index (χ4n) is 2.96. The molecule has 1 aromatic rings. The molecule has 2 aliphatic rings. The highest BCUT2D eigenvalue weighted by Crippen LogP contribution is 2.45. The van der Waals surface area contributed by atoms with Gasteiger partial charge in [0.15, 0.2) is 0 Å². The molecule has 1 aromatic carbocycles. The molecule has 2 atom stereocenters. The lowest BCUT2D eigenvalue weighted by Crippen LogP contribution is -2.54. The lowest BCUT2D eigenvalue weighted by atomic mass is 9.77. The predicted octanol–water partition coefficient (Wildman–Crippen LogP) is 1.17. The monoisotopic (exact) mass is 325 g/mol. The van der Waals surface area contributed by atoms with Gasteiger partial charge in [0.1, 0.15) is 23.2 Å². The zero-order chi connectivity index (χ0) is 13.8. The van der Waals surface area contributed by atoms with Crippen LogP contribution in [0, 0.1) is 0 Å². The second-order valence-corrected chi connectivity index (χ2v) is 6.60. The quantitative estimate of drug-likeness (QED) is 0.669. The SMILES string of the molecule is CC1(C)CC2(NC(N)NC2=O)c2cc(Br)ccc2O1. The normalized spacial score (nSPS) is 31.8. The van der Waals surface area contributed by atoms with Crippen molar-refractivity contribution in [1.82, 2.24) is 10.6 Å². The second-order valence-electron chi connectivity index (χ2n) is 5.68. The minimum atomic E-state index is -0.819. The van der Waals surface area contributed by atoms with Gasteiger partial charge in [-0.05, 0) is 32.0 Å². The Balaban J connectivity index is 2.20. The third kappa shape index (κ3) is 1.94. The average molecular weight is 326 g/mol. The van der Waals surface area contributed by atoms with Crippen molar-refractivity contribution >= 4 is 21.8 Å². The smallest absolute Gasteiger partial charge is 0.247 e. The van der Waals surface area contributed by atoms with E-state index in [1.807, 2.05) is 32.0 Å². The maximum atomic E-state index is 12.4. The van der Waals surface area contributed by atoms with Gasteiger partial charge in [0, 0.05) is 16.5 Å². The fourth-order valence-corrected chi connectivity index (χ4v) is 3.32. The van der Waals surface area contributed by atoms with Crippen molar-refractivity contribution in [3.63, 3.8) is 0 Å². The van der Waals surface area contributed by atoms with Crippen LogP contribution in [0.4, 0.5) is 0 Å². The van der Waals surface area contributed by atoms with Crippen LogP contribution in [0.3, 0.4) is 0 Å². The first kappa shape index (κ1) is 12.9. The van der Waals surface area contributed by atoms with Gasteiger partial charge >= 0.3 is 0 Å². The third-order valence-electron chi connectivity index (χ3n) is 3.55. The van der Waals surface area contributed by atoms with E-state index in [2.05, 4.69) is 26.6 Å². The molecular formula is C13H16BrN3O2. The fraction of sp³-hybridized carbons (Fsp3) is 0.462. The summed E-state index contributed by atoms with van der Waals surface area (Å²) < 4.78 is 6.87. The van der Waals surface area contributed by atoms with Crippen LogP contribution in [0.2, 0.25) is 0 Å². The third-order valence-corrected chi connectivity index (χ3v) is 4.05. The molecule has 1 amide bonds. The number of fused-ring (bicyclic) bond motifs is 2. The van der Waals surface area contributed by atoms with Crippen molar-refractivity contribution in [3.8, 4) is 5.75 Å². The summed E-state index contributed by atoms with van der Waals surface area (Å²) in [5.41, 5.74) is 5.39. The number of carbonyl (C=O) groups excluding carboxylic acids is 1. The maximum Gasteiger partial charge on any atom is 0.247 e. The Kier molecular flexibility index (Phi) is 2.68. The molecule has 102 valence electrons. The highest BCUT2D eigenvalue weighted by molar-refractivity contribution is 9.10. The van der Waals surface area contributed by atoms with E-state index < -0.39 is 17.4 Å². The van der Waals surface area contributed by atoms with Gasteiger partial charge in [-0.1, -0.05) is 15.9 Å². The van der Waals surface area contributed by atoms with Gasteiger partial charge in [-0.15, -0.1) is 0 Å². The van der Waals surface area contributed by atoms with Gasteiger partial charge in [-0.25, -0.2) is 0 Å². The van der Waals surface area contributed by atoms with Gasteiger partial charge in [0.2, 0.25) is 5.91 Å². The Hall–Kier alpha value is -1.11. The standard InChI is InChI=1S/C13H16BrN3O2/c1-12(2)6-13(10(18)16-11(15)17-13)8-5-7(14)3-4-9(8)19-12/h3-5,11,17H,6,15H2,1-2H3,(H,16,18). The maximum absolute atomic E-state index is 12.4. The number of benzene rings is 1. The predicted molar refractivity (Wildman–Crippen MR) is 74.4 cm³/mol. The minimum absolute atomic E-state index is 0.101. The number of nitrogens with two attached hydrogens (primary N) is 1. The molecule has 6 heteroatoms. The summed E-state index contributed by atoms with van der Waals surface area (Å²) >= 11 is 3.44. The number of amides is 1. The van der Waals surface area contributed by atoms with Crippen LogP contribution in [-0.4, -0.2) is 17.8 Å². The highest BCUT2D eigenvalue weighted by atomic mass is 79.9. The highest BCUT2D eigenvalue weighted by Gasteiger charge is 2.54. The Morgan fingerprint density at radius 3 is 2.84 bits per heavy atom. The summed E-state index contributed by atoms with van der Waals surface area (Å²) in [6.07, 6.45) is -0.00330. The molecule has 19 heavy (non-hydrogen) atoms. The van der Waals surface area contributed by atoms with Gasteiger partial charge in [0.25, 0.3) is 0 Å². The molecule has 3 rings (SSSR count). The molecule has 0 saturated carbocycles. The van der Waals surface area contributed by atoms with Gasteiger partial charge in [-0.2, -0.15) is 0 Å². The summed E-state index contributed by atoms with van der Waals surface area (Å²) in [5.74, 6) is 0.618. The molecule has 0 bridgehead atoms. The van der Waals surface area contributed by atoms with Crippen LogP contribution in [0.5, 0.6) is 5.75 Å². The van der Waals surface area contributed by atoms with Crippen LogP contribution in [0.15, 0.2) is 22.7 Å². The minimum Gasteiger partial charge on any atom is -0.487 e. The Labute approximate surface area is 120 Å². The number of nitrogens with one attached hydrogen (secondary N) is 2. The second kappa shape index (κ2) is 3.94. The summed E-state index contributed by atoms with van der Waals surface area (Å²) in [7, 11) is 0. The molecule has 1 saturated heterocycles. The van der Waals surface area contributed by atoms with Crippen molar-refractivity contribution in [3.05, 3.63) is 28.2 Å². The van der Waals surface area contributed by atoms with Crippen molar-refractivity contribution in [1.29, 1.82) is 0 Å². The van der Waals surface area contributed by atoms with Crippen LogP contribution < -0.4 is 21.1 Å². The Morgan fingerprint density at radius 2 is 2.21 bits per heavy atom. The van der Waals surface area contributed by atoms with E-state index >= 15 is 0 Å². The van der Waals surface area contributed by atoms with Crippen LogP contribution >= 0.6 is 15.9 Å². The van der Waals surface area contributed by atoms with Crippen molar-refractivity contribution in [2.45, 2.75) is 37.7 Å². The molecule has 5 nitrogen and oxygen atoms in total. The van der Waals surface area contributed by atoms with Crippen molar-refractivity contribution < 1.29 is 9.53 Å². The van der Waals surface area contributed by atoms with E-state index in [4.69, 9.17) is 10.5 Å². The molecule has 2 heterocycles. The average Bonchev–Trinajstić information content (AvgIpc) is 2.54. The van der Waals surface area contributed by atoms with Crippen LogP contribution in [0.25, 0.3) is 0 Å². The Bertz CT molecular complexity index is 561. The zero-order valence-electron chi connectivity index (χ0n) is 10.8. The number of hydrogen-bond donors (Lipinski definition) is 3. The van der Waals surface area contributed by atoms with Crippen LogP contribution in [-0.2, 0) is 10.3 Å². The van der Waals surface area contributed by atoms with E-state index in [9.17, 15) is 4.79 Å². The lowest BCUT2D eigenvalue weighted by molar-refractivity contribution is -0.127. The summed E-state index contributed by atoms with van der Waals surface area (Å²) in [5, 5.41) is 5.91. The summed E-state index contributed by atoms with van der Waals surface area (Å²) in [6, 6.07) is 5.69. The van der Waals surface area contributed by atoms with E-state index in [1.165, 1.54) is 0 Å². The molecule has 2 unspecified atom stereocenters. The zero-order valence-corrected chi connectivity index (χ0v) is 12.4. The molecule has 0 aliphatic carbocycles. The summed E-state index contributed by atoms with van der Waals surface area (Å²) in [4.78, 5) is 12.4. The van der Waals surface area contributed by atoms with E-state index in [1.54, 1.807) is 0 Å². The largest absolute Gasteiger partial charge is 0.487 e. The number of halogens is 1. The first-order valence-corrected chi connectivity index (χ1v) is 6.95. The van der Waals surface area contributed by atoms with Crippen molar-refractivity contribution in [2.24, 2.45) is 5.73 Å². The number of carbonyl (C=O) groups is 1. The molecule has 4 N–H and O–H groups in total. The lowest BCUT2D eigenvalue weighted by Gasteiger charge is -2.42. The van der Waals surface area contributed by atoms with Crippen molar-refractivity contribution in [2.75, 3.05) is 0 Å². The molecular weight excluding hydrogens is 310 g/mol. The van der Waals surface area contributed by atoms with E-state index in [0.717, 1.165) is 15.8 Å². The molecule has 1 spiro atoms. The molecule has 0 radical (unpaired) electrons. The first-order chi connectivity index (χ1) is 8.82. The number of rotatable bonds is 0. The van der Waals surface area contributed by atoms with Crippen LogP contribution in [0.1, 0.15) is 25.8 Å².